The Morgan fingerprint density at radius 1 is 1.45 bits per heavy atom. The average molecular weight is 267 g/mol. The van der Waals surface area contributed by atoms with E-state index < -0.39 is 0 Å². The summed E-state index contributed by atoms with van der Waals surface area (Å²) in [5.74, 6) is 1.46. The van der Waals surface area contributed by atoms with Gasteiger partial charge in [-0.15, -0.1) is 0 Å². The van der Waals surface area contributed by atoms with Crippen molar-refractivity contribution >= 4 is 0 Å². The molecule has 1 aliphatic rings. The molecule has 3 rings (SSSR count). The molecule has 1 aromatic heterocycles. The van der Waals surface area contributed by atoms with Gasteiger partial charge in [-0.25, -0.2) is 0 Å². The van der Waals surface area contributed by atoms with Crippen molar-refractivity contribution in [2.24, 2.45) is 5.92 Å². The van der Waals surface area contributed by atoms with Gasteiger partial charge in [0.1, 0.15) is 0 Å². The van der Waals surface area contributed by atoms with E-state index in [1.165, 1.54) is 11.1 Å². The molecule has 0 fully saturated rings. The minimum absolute atomic E-state index is 0.0954. The number of aryl methyl sites for hydroxylation is 1. The average Bonchev–Trinajstić information content (AvgIpc) is 2.94. The fourth-order valence-electron chi connectivity index (χ4n) is 2.82. The van der Waals surface area contributed by atoms with E-state index in [1.54, 1.807) is 0 Å². The Hall–Kier alpha value is -2.15. The zero-order valence-electron chi connectivity index (χ0n) is 11.5. The van der Waals surface area contributed by atoms with Crippen LogP contribution in [0.1, 0.15) is 48.5 Å². The Bertz CT molecular complexity index is 641. The molecule has 2 unspecified atom stereocenters. The Morgan fingerprint density at radius 2 is 2.30 bits per heavy atom. The summed E-state index contributed by atoms with van der Waals surface area (Å²) >= 11 is 0. The summed E-state index contributed by atoms with van der Waals surface area (Å²) in [5.41, 5.74) is 2.71. The third-order valence-electron chi connectivity index (χ3n) is 3.87. The maximum absolute atomic E-state index is 8.84. The summed E-state index contributed by atoms with van der Waals surface area (Å²) in [5, 5.41) is 13.0. The highest BCUT2D eigenvalue weighted by molar-refractivity contribution is 5.36. The van der Waals surface area contributed by atoms with Crippen molar-refractivity contribution in [2.45, 2.75) is 38.5 Å². The van der Waals surface area contributed by atoms with Gasteiger partial charge in [-0.2, -0.15) is 10.2 Å². The Kier molecular flexibility index (Phi) is 3.51. The van der Waals surface area contributed by atoms with Gasteiger partial charge in [0.15, 0.2) is 5.82 Å². The van der Waals surface area contributed by atoms with Crippen molar-refractivity contribution in [3.05, 3.63) is 47.1 Å². The third-order valence-corrected chi connectivity index (χ3v) is 3.87. The first kappa shape index (κ1) is 12.9. The first-order valence-corrected chi connectivity index (χ1v) is 7.08. The van der Waals surface area contributed by atoms with Gasteiger partial charge in [0.25, 0.3) is 0 Å². The van der Waals surface area contributed by atoms with E-state index in [9.17, 15) is 0 Å². The molecule has 4 nitrogen and oxygen atoms in total. The van der Waals surface area contributed by atoms with E-state index >= 15 is 0 Å². The Balaban J connectivity index is 1.86. The fourth-order valence-corrected chi connectivity index (χ4v) is 2.82. The standard InChI is InChI=1S/C16H17N3O/c1-11(10-17)9-15-18-16(19-20-15)14-8-4-6-12-5-2-3-7-13(12)14/h2-3,5,7,11,14H,4,6,8-9H2,1H3. The molecule has 1 aromatic carbocycles. The molecule has 1 heterocycles. The SMILES string of the molecule is CC(C#N)Cc1nc(C2CCCc3ccccc32)no1. The number of nitriles is 1. The van der Waals surface area contributed by atoms with E-state index in [2.05, 4.69) is 40.5 Å². The molecule has 0 N–H and O–H groups in total. The molecule has 1 aliphatic carbocycles. The molecule has 0 bridgehead atoms. The molecule has 2 atom stereocenters. The number of benzene rings is 1. The minimum atomic E-state index is -0.0954. The van der Waals surface area contributed by atoms with Gasteiger partial charge in [-0.05, 0) is 37.3 Å². The summed E-state index contributed by atoms with van der Waals surface area (Å²) in [7, 11) is 0. The molecule has 0 radical (unpaired) electrons. The van der Waals surface area contributed by atoms with Crippen LogP contribution in [0.5, 0.6) is 0 Å². The molecular weight excluding hydrogens is 250 g/mol. The molecule has 4 heteroatoms. The molecular formula is C16H17N3O. The van der Waals surface area contributed by atoms with Crippen molar-refractivity contribution in [3.8, 4) is 6.07 Å². The summed E-state index contributed by atoms with van der Waals surface area (Å²) < 4.78 is 5.29. The molecule has 0 aliphatic heterocycles. The van der Waals surface area contributed by atoms with Crippen molar-refractivity contribution in [1.82, 2.24) is 10.1 Å². The topological polar surface area (TPSA) is 62.7 Å². The van der Waals surface area contributed by atoms with Crippen LogP contribution in [-0.2, 0) is 12.8 Å². The smallest absolute Gasteiger partial charge is 0.227 e. The van der Waals surface area contributed by atoms with Crippen LogP contribution in [0.25, 0.3) is 0 Å². The molecule has 102 valence electrons. The second kappa shape index (κ2) is 5.46. The lowest BCUT2D eigenvalue weighted by molar-refractivity contribution is 0.361. The Labute approximate surface area is 118 Å². The lowest BCUT2D eigenvalue weighted by Crippen LogP contribution is -2.12. The van der Waals surface area contributed by atoms with E-state index in [-0.39, 0.29) is 11.8 Å². The highest BCUT2D eigenvalue weighted by Gasteiger charge is 2.25. The molecule has 20 heavy (non-hydrogen) atoms. The normalized spacial score (nSPS) is 19.1. The molecule has 0 saturated heterocycles. The predicted molar refractivity (Wildman–Crippen MR) is 74.0 cm³/mol. The number of nitrogens with zero attached hydrogens (tertiary/aromatic N) is 3. The Morgan fingerprint density at radius 3 is 3.15 bits per heavy atom. The zero-order chi connectivity index (χ0) is 13.9. The lowest BCUT2D eigenvalue weighted by atomic mass is 9.82. The largest absolute Gasteiger partial charge is 0.339 e. The van der Waals surface area contributed by atoms with Gasteiger partial charge >= 0.3 is 0 Å². The molecule has 0 saturated carbocycles. The van der Waals surface area contributed by atoms with Gasteiger partial charge in [0.05, 0.1) is 12.0 Å². The highest BCUT2D eigenvalue weighted by Crippen LogP contribution is 2.35. The van der Waals surface area contributed by atoms with Crippen LogP contribution in [0.3, 0.4) is 0 Å². The number of hydrogen-bond donors (Lipinski definition) is 0. The monoisotopic (exact) mass is 267 g/mol. The molecule has 0 spiro atoms. The predicted octanol–water partition coefficient (Wildman–Crippen LogP) is 3.24. The second-order valence-electron chi connectivity index (χ2n) is 5.42. The highest BCUT2D eigenvalue weighted by atomic mass is 16.5. The first-order chi connectivity index (χ1) is 9.78. The zero-order valence-corrected chi connectivity index (χ0v) is 11.5. The molecule has 2 aromatic rings. The summed E-state index contributed by atoms with van der Waals surface area (Å²) in [6.07, 6.45) is 3.87. The number of hydrogen-bond acceptors (Lipinski definition) is 4. The number of fused-ring (bicyclic) bond motifs is 1. The van der Waals surface area contributed by atoms with E-state index in [1.807, 2.05) is 6.92 Å². The van der Waals surface area contributed by atoms with Crippen LogP contribution < -0.4 is 0 Å². The van der Waals surface area contributed by atoms with Crippen molar-refractivity contribution in [2.75, 3.05) is 0 Å². The van der Waals surface area contributed by atoms with Crippen LogP contribution in [-0.4, -0.2) is 10.1 Å². The van der Waals surface area contributed by atoms with Crippen LogP contribution in [0.2, 0.25) is 0 Å². The third kappa shape index (κ3) is 2.44. The summed E-state index contributed by atoms with van der Waals surface area (Å²) in [4.78, 5) is 4.49. The van der Waals surface area contributed by atoms with Gasteiger partial charge < -0.3 is 4.52 Å². The quantitative estimate of drug-likeness (QED) is 0.856. The summed E-state index contributed by atoms with van der Waals surface area (Å²) in [6, 6.07) is 10.7. The van der Waals surface area contributed by atoms with Gasteiger partial charge in [-0.1, -0.05) is 29.4 Å². The number of rotatable bonds is 3. The van der Waals surface area contributed by atoms with E-state index in [0.29, 0.717) is 12.3 Å². The minimum Gasteiger partial charge on any atom is -0.339 e. The van der Waals surface area contributed by atoms with Gasteiger partial charge in [-0.3, -0.25) is 0 Å². The van der Waals surface area contributed by atoms with Gasteiger partial charge in [0.2, 0.25) is 5.89 Å². The summed E-state index contributed by atoms with van der Waals surface area (Å²) in [6.45, 7) is 1.86. The maximum Gasteiger partial charge on any atom is 0.227 e. The second-order valence-corrected chi connectivity index (χ2v) is 5.42. The van der Waals surface area contributed by atoms with Gasteiger partial charge in [0, 0.05) is 12.3 Å². The van der Waals surface area contributed by atoms with E-state index in [4.69, 9.17) is 9.78 Å². The number of aromatic nitrogens is 2. The van der Waals surface area contributed by atoms with Crippen LogP contribution in [0.4, 0.5) is 0 Å². The van der Waals surface area contributed by atoms with Crippen LogP contribution in [0, 0.1) is 17.2 Å². The lowest BCUT2D eigenvalue weighted by Gasteiger charge is -2.22. The van der Waals surface area contributed by atoms with Crippen LogP contribution >= 0.6 is 0 Å². The molecule has 0 amide bonds. The maximum atomic E-state index is 8.84. The van der Waals surface area contributed by atoms with Crippen molar-refractivity contribution in [1.29, 1.82) is 5.26 Å². The van der Waals surface area contributed by atoms with Crippen molar-refractivity contribution in [3.63, 3.8) is 0 Å². The fraction of sp³-hybridized carbons (Fsp3) is 0.438. The van der Waals surface area contributed by atoms with E-state index in [0.717, 1.165) is 25.1 Å². The van der Waals surface area contributed by atoms with Crippen LogP contribution in [0.15, 0.2) is 28.8 Å². The van der Waals surface area contributed by atoms with Crippen molar-refractivity contribution < 1.29 is 4.52 Å². The first-order valence-electron chi connectivity index (χ1n) is 7.08.